The number of aromatic nitrogens is 1. The topological polar surface area (TPSA) is 24.9 Å². The predicted octanol–water partition coefficient (Wildman–Crippen LogP) is 4.69. The first-order valence-corrected chi connectivity index (χ1v) is 6.07. The zero-order valence-electron chi connectivity index (χ0n) is 8.97. The van der Waals surface area contributed by atoms with Crippen LogP contribution in [0, 0.1) is 12.7 Å². The number of aryl methyl sites for hydroxylation is 1. The predicted molar refractivity (Wildman–Crippen MR) is 71.4 cm³/mol. The second kappa shape index (κ2) is 5.02. The number of nitrogens with one attached hydrogen (secondary N) is 1. The van der Waals surface area contributed by atoms with Crippen LogP contribution in [0.1, 0.15) is 5.56 Å². The number of nitrogens with zero attached hydrogens (tertiary/aromatic N) is 1. The molecule has 1 aromatic heterocycles. The molecule has 0 spiro atoms. The Morgan fingerprint density at radius 1 is 1.35 bits per heavy atom. The summed E-state index contributed by atoms with van der Waals surface area (Å²) in [7, 11) is 0. The molecule has 0 aliphatic heterocycles. The Kier molecular flexibility index (Phi) is 3.64. The summed E-state index contributed by atoms with van der Waals surface area (Å²) < 4.78 is 13.7. The largest absolute Gasteiger partial charge is 0.355 e. The van der Waals surface area contributed by atoms with E-state index >= 15 is 0 Å². The Bertz CT molecular complexity index is 560. The van der Waals surface area contributed by atoms with Crippen LogP contribution in [0.25, 0.3) is 0 Å². The van der Waals surface area contributed by atoms with E-state index in [1.54, 1.807) is 24.4 Å². The van der Waals surface area contributed by atoms with Crippen molar-refractivity contribution in [1.29, 1.82) is 0 Å². The zero-order chi connectivity index (χ0) is 12.4. The average molecular weight is 316 g/mol. The molecule has 17 heavy (non-hydrogen) atoms. The van der Waals surface area contributed by atoms with Gasteiger partial charge in [0, 0.05) is 17.6 Å². The summed E-state index contributed by atoms with van der Waals surface area (Å²) >= 11 is 8.94. The minimum atomic E-state index is -0.277. The first kappa shape index (κ1) is 12.3. The Labute approximate surface area is 112 Å². The van der Waals surface area contributed by atoms with E-state index in [9.17, 15) is 4.39 Å². The summed E-state index contributed by atoms with van der Waals surface area (Å²) in [4.78, 5) is 3.89. The first-order chi connectivity index (χ1) is 8.06. The van der Waals surface area contributed by atoms with E-state index < -0.39 is 0 Å². The SMILES string of the molecule is Cc1cc(F)c(Br)cc1Nc1ccnc(Cl)c1. The fourth-order valence-corrected chi connectivity index (χ4v) is 1.93. The summed E-state index contributed by atoms with van der Waals surface area (Å²) in [6.07, 6.45) is 1.61. The van der Waals surface area contributed by atoms with Crippen LogP contribution in [0.2, 0.25) is 5.15 Å². The summed E-state index contributed by atoms with van der Waals surface area (Å²) in [6, 6.07) is 6.66. The third-order valence-corrected chi connectivity index (χ3v) is 3.09. The lowest BCUT2D eigenvalue weighted by Gasteiger charge is -2.10. The van der Waals surface area contributed by atoms with Crippen LogP contribution in [0.4, 0.5) is 15.8 Å². The molecular weight excluding hydrogens is 307 g/mol. The molecule has 1 aromatic carbocycles. The molecule has 0 saturated heterocycles. The van der Waals surface area contributed by atoms with Gasteiger partial charge in [0.05, 0.1) is 4.47 Å². The van der Waals surface area contributed by atoms with E-state index in [2.05, 4.69) is 26.2 Å². The lowest BCUT2D eigenvalue weighted by Crippen LogP contribution is -1.95. The number of benzene rings is 1. The van der Waals surface area contributed by atoms with Crippen LogP contribution in [-0.4, -0.2) is 4.98 Å². The van der Waals surface area contributed by atoms with Gasteiger partial charge in [-0.2, -0.15) is 0 Å². The lowest BCUT2D eigenvalue weighted by molar-refractivity contribution is 0.620. The fraction of sp³-hybridized carbons (Fsp3) is 0.0833. The molecule has 0 amide bonds. The van der Waals surface area contributed by atoms with Crippen molar-refractivity contribution >= 4 is 38.9 Å². The maximum Gasteiger partial charge on any atom is 0.137 e. The van der Waals surface area contributed by atoms with Gasteiger partial charge in [-0.15, -0.1) is 0 Å². The highest BCUT2D eigenvalue weighted by Gasteiger charge is 2.05. The van der Waals surface area contributed by atoms with Gasteiger partial charge in [0.2, 0.25) is 0 Å². The van der Waals surface area contributed by atoms with Gasteiger partial charge in [0.25, 0.3) is 0 Å². The van der Waals surface area contributed by atoms with Gasteiger partial charge in [-0.05, 0) is 52.7 Å². The fourth-order valence-electron chi connectivity index (χ4n) is 1.42. The molecular formula is C12H9BrClFN2. The molecule has 0 aliphatic carbocycles. The molecule has 1 N–H and O–H groups in total. The van der Waals surface area contributed by atoms with Gasteiger partial charge in [-0.3, -0.25) is 0 Å². The van der Waals surface area contributed by atoms with Gasteiger partial charge >= 0.3 is 0 Å². The number of hydrogen-bond acceptors (Lipinski definition) is 2. The van der Waals surface area contributed by atoms with Crippen LogP contribution >= 0.6 is 27.5 Å². The van der Waals surface area contributed by atoms with Crippen molar-refractivity contribution in [2.75, 3.05) is 5.32 Å². The van der Waals surface area contributed by atoms with Gasteiger partial charge in [-0.1, -0.05) is 11.6 Å². The molecule has 0 fully saturated rings. The summed E-state index contributed by atoms with van der Waals surface area (Å²) in [6.45, 7) is 1.83. The Morgan fingerprint density at radius 3 is 2.82 bits per heavy atom. The lowest BCUT2D eigenvalue weighted by atomic mass is 10.2. The minimum absolute atomic E-state index is 0.277. The second-order valence-corrected chi connectivity index (χ2v) is 4.82. The average Bonchev–Trinajstić information content (AvgIpc) is 2.26. The van der Waals surface area contributed by atoms with Crippen LogP contribution in [0.3, 0.4) is 0 Å². The molecule has 0 aliphatic rings. The van der Waals surface area contributed by atoms with E-state index in [-0.39, 0.29) is 5.82 Å². The smallest absolute Gasteiger partial charge is 0.137 e. The number of pyridine rings is 1. The first-order valence-electron chi connectivity index (χ1n) is 4.90. The highest BCUT2D eigenvalue weighted by Crippen LogP contribution is 2.27. The van der Waals surface area contributed by atoms with Crippen molar-refractivity contribution in [3.8, 4) is 0 Å². The summed E-state index contributed by atoms with van der Waals surface area (Å²) in [5.74, 6) is -0.277. The van der Waals surface area contributed by atoms with Crippen LogP contribution in [-0.2, 0) is 0 Å². The Hall–Kier alpha value is -1.13. The van der Waals surface area contributed by atoms with Gasteiger partial charge in [0.1, 0.15) is 11.0 Å². The third kappa shape index (κ3) is 2.96. The molecule has 0 atom stereocenters. The molecule has 88 valence electrons. The molecule has 1 heterocycles. The maximum atomic E-state index is 13.3. The monoisotopic (exact) mass is 314 g/mol. The van der Waals surface area contributed by atoms with Crippen molar-refractivity contribution in [2.24, 2.45) is 0 Å². The Balaban J connectivity index is 2.33. The molecule has 2 nitrogen and oxygen atoms in total. The van der Waals surface area contributed by atoms with Crippen molar-refractivity contribution < 1.29 is 4.39 Å². The minimum Gasteiger partial charge on any atom is -0.355 e. The van der Waals surface area contributed by atoms with E-state index in [1.807, 2.05) is 6.92 Å². The van der Waals surface area contributed by atoms with E-state index in [0.717, 1.165) is 16.9 Å². The zero-order valence-corrected chi connectivity index (χ0v) is 11.3. The van der Waals surface area contributed by atoms with E-state index in [0.29, 0.717) is 9.63 Å². The number of halogens is 3. The molecule has 5 heteroatoms. The van der Waals surface area contributed by atoms with E-state index in [4.69, 9.17) is 11.6 Å². The molecule has 0 saturated carbocycles. The number of hydrogen-bond donors (Lipinski definition) is 1. The van der Waals surface area contributed by atoms with E-state index in [1.165, 1.54) is 6.07 Å². The molecule has 2 rings (SSSR count). The molecule has 0 radical (unpaired) electrons. The quantitative estimate of drug-likeness (QED) is 0.813. The molecule has 0 bridgehead atoms. The van der Waals surface area contributed by atoms with Crippen LogP contribution < -0.4 is 5.32 Å². The van der Waals surface area contributed by atoms with Crippen LogP contribution in [0.5, 0.6) is 0 Å². The van der Waals surface area contributed by atoms with Gasteiger partial charge in [0.15, 0.2) is 0 Å². The number of rotatable bonds is 2. The van der Waals surface area contributed by atoms with Crippen LogP contribution in [0.15, 0.2) is 34.9 Å². The van der Waals surface area contributed by atoms with Gasteiger partial charge < -0.3 is 5.32 Å². The normalized spacial score (nSPS) is 10.4. The van der Waals surface area contributed by atoms with Crippen molar-refractivity contribution in [1.82, 2.24) is 4.98 Å². The maximum absolute atomic E-state index is 13.3. The molecule has 2 aromatic rings. The number of anilines is 2. The van der Waals surface area contributed by atoms with Crippen molar-refractivity contribution in [3.05, 3.63) is 51.5 Å². The molecule has 0 unspecified atom stereocenters. The third-order valence-electron chi connectivity index (χ3n) is 2.27. The van der Waals surface area contributed by atoms with Gasteiger partial charge in [-0.25, -0.2) is 9.37 Å². The highest BCUT2D eigenvalue weighted by atomic mass is 79.9. The highest BCUT2D eigenvalue weighted by molar-refractivity contribution is 9.10. The summed E-state index contributed by atoms with van der Waals surface area (Å²) in [5, 5.41) is 3.57. The second-order valence-electron chi connectivity index (χ2n) is 3.57. The van der Waals surface area contributed by atoms with Crippen molar-refractivity contribution in [3.63, 3.8) is 0 Å². The summed E-state index contributed by atoms with van der Waals surface area (Å²) in [5.41, 5.74) is 2.45. The standard InChI is InChI=1S/C12H9BrClFN2/c1-7-4-10(15)9(13)6-11(7)17-8-2-3-16-12(14)5-8/h2-6H,1H3,(H,16,17). The Morgan fingerprint density at radius 2 is 2.12 bits per heavy atom. The van der Waals surface area contributed by atoms with Crippen molar-refractivity contribution in [2.45, 2.75) is 6.92 Å².